The van der Waals surface area contributed by atoms with E-state index in [-0.39, 0.29) is 35.8 Å². The van der Waals surface area contributed by atoms with Crippen LogP contribution in [-0.2, 0) is 4.79 Å². The Balaban J connectivity index is 2.01. The van der Waals surface area contributed by atoms with Crippen molar-refractivity contribution < 1.29 is 14.8 Å². The van der Waals surface area contributed by atoms with Crippen LogP contribution in [0.25, 0.3) is 0 Å². The Kier molecular flexibility index (Phi) is 3.60. The third-order valence-electron chi connectivity index (χ3n) is 2.71. The van der Waals surface area contributed by atoms with Crippen LogP contribution >= 0.6 is 0 Å². The van der Waals surface area contributed by atoms with E-state index in [2.05, 4.69) is 20.8 Å². The lowest BCUT2D eigenvalue weighted by Crippen LogP contribution is -2.36. The Morgan fingerprint density at radius 3 is 2.89 bits per heavy atom. The van der Waals surface area contributed by atoms with Crippen molar-refractivity contribution in [2.45, 2.75) is 12.5 Å². The van der Waals surface area contributed by atoms with Crippen molar-refractivity contribution in [3.8, 4) is 0 Å². The summed E-state index contributed by atoms with van der Waals surface area (Å²) in [6.45, 7) is 0.423. The number of hydrogen-bond donors (Lipinski definition) is 4. The molecule has 5 N–H and O–H groups in total. The molecular formula is C11H13N5O3. The van der Waals surface area contributed by atoms with Crippen molar-refractivity contribution in [2.75, 3.05) is 6.54 Å². The largest absolute Gasteiger partial charge is 0.409 e. The van der Waals surface area contributed by atoms with Crippen LogP contribution in [0, 0.1) is 0 Å². The molecule has 1 aliphatic heterocycles. The number of amides is 2. The van der Waals surface area contributed by atoms with E-state index in [4.69, 9.17) is 10.9 Å². The van der Waals surface area contributed by atoms with E-state index in [1.54, 1.807) is 0 Å². The average molecular weight is 263 g/mol. The van der Waals surface area contributed by atoms with Gasteiger partial charge in [-0.05, 0) is 12.1 Å². The molecule has 1 atom stereocenters. The molecule has 1 fully saturated rings. The predicted octanol–water partition coefficient (Wildman–Crippen LogP) is -1.21. The normalized spacial score (nSPS) is 19.1. The first-order valence-electron chi connectivity index (χ1n) is 5.61. The van der Waals surface area contributed by atoms with Gasteiger partial charge in [-0.15, -0.1) is 0 Å². The molecule has 1 saturated heterocycles. The second-order valence-corrected chi connectivity index (χ2v) is 4.10. The molecule has 0 radical (unpaired) electrons. The number of hydrogen-bond acceptors (Lipinski definition) is 5. The molecule has 0 saturated carbocycles. The van der Waals surface area contributed by atoms with E-state index in [0.29, 0.717) is 12.1 Å². The topological polar surface area (TPSA) is 130 Å². The Morgan fingerprint density at radius 1 is 1.58 bits per heavy atom. The molecule has 8 heteroatoms. The van der Waals surface area contributed by atoms with Gasteiger partial charge < -0.3 is 21.6 Å². The fraction of sp³-hybridized carbons (Fsp3) is 0.273. The standard InChI is InChI=1S/C11H13N5O3/c12-10(16-19)6-1-2-8(13-4-6)11(18)15-7-3-9(17)14-5-7/h1-2,4,7,19H,3,5H2,(H2,12,16)(H,14,17)(H,15,18). The van der Waals surface area contributed by atoms with Gasteiger partial charge in [-0.3, -0.25) is 14.6 Å². The number of pyridine rings is 1. The minimum absolute atomic E-state index is 0.0787. The van der Waals surface area contributed by atoms with Crippen molar-refractivity contribution >= 4 is 17.6 Å². The van der Waals surface area contributed by atoms with Crippen molar-refractivity contribution in [1.29, 1.82) is 0 Å². The molecule has 1 aromatic rings. The van der Waals surface area contributed by atoms with Gasteiger partial charge in [0, 0.05) is 24.7 Å². The number of rotatable bonds is 3. The summed E-state index contributed by atoms with van der Waals surface area (Å²) < 4.78 is 0. The molecule has 2 rings (SSSR count). The number of oxime groups is 1. The lowest BCUT2D eigenvalue weighted by atomic mass is 10.2. The first kappa shape index (κ1) is 12.8. The van der Waals surface area contributed by atoms with Gasteiger partial charge in [0.25, 0.3) is 5.91 Å². The smallest absolute Gasteiger partial charge is 0.270 e. The molecule has 100 valence electrons. The number of nitrogens with zero attached hydrogens (tertiary/aromatic N) is 2. The Labute approximate surface area is 108 Å². The first-order valence-corrected chi connectivity index (χ1v) is 5.61. The van der Waals surface area contributed by atoms with Crippen LogP contribution in [0.15, 0.2) is 23.5 Å². The minimum Gasteiger partial charge on any atom is -0.409 e. The predicted molar refractivity (Wildman–Crippen MR) is 65.6 cm³/mol. The number of aromatic nitrogens is 1. The summed E-state index contributed by atoms with van der Waals surface area (Å²) >= 11 is 0. The van der Waals surface area contributed by atoms with Gasteiger partial charge in [0.15, 0.2) is 5.84 Å². The van der Waals surface area contributed by atoms with Gasteiger partial charge in [0.2, 0.25) is 5.91 Å². The summed E-state index contributed by atoms with van der Waals surface area (Å²) in [6, 6.07) is 2.77. The lowest BCUT2D eigenvalue weighted by molar-refractivity contribution is -0.119. The van der Waals surface area contributed by atoms with Crippen LogP contribution in [0.2, 0.25) is 0 Å². The summed E-state index contributed by atoms with van der Waals surface area (Å²) in [5.41, 5.74) is 6.00. The Bertz CT molecular complexity index is 526. The highest BCUT2D eigenvalue weighted by Crippen LogP contribution is 2.03. The van der Waals surface area contributed by atoms with Crippen molar-refractivity contribution in [1.82, 2.24) is 15.6 Å². The van der Waals surface area contributed by atoms with Crippen LogP contribution in [0.5, 0.6) is 0 Å². The maximum Gasteiger partial charge on any atom is 0.270 e. The van der Waals surface area contributed by atoms with Gasteiger partial charge in [0.1, 0.15) is 5.69 Å². The zero-order chi connectivity index (χ0) is 13.8. The van der Waals surface area contributed by atoms with Gasteiger partial charge in [-0.2, -0.15) is 0 Å². The fourth-order valence-corrected chi connectivity index (χ4v) is 1.70. The van der Waals surface area contributed by atoms with E-state index in [1.807, 2.05) is 0 Å². The van der Waals surface area contributed by atoms with E-state index in [9.17, 15) is 9.59 Å². The number of amidine groups is 1. The Hall–Kier alpha value is -2.64. The third-order valence-corrected chi connectivity index (χ3v) is 2.71. The van der Waals surface area contributed by atoms with Gasteiger partial charge in [-0.25, -0.2) is 0 Å². The quantitative estimate of drug-likeness (QED) is 0.235. The third kappa shape index (κ3) is 2.97. The van der Waals surface area contributed by atoms with Gasteiger partial charge >= 0.3 is 0 Å². The summed E-state index contributed by atoms with van der Waals surface area (Å²) in [6.07, 6.45) is 1.61. The van der Waals surface area contributed by atoms with Crippen molar-refractivity contribution in [3.05, 3.63) is 29.6 Å². The summed E-state index contributed by atoms with van der Waals surface area (Å²) in [7, 11) is 0. The molecule has 19 heavy (non-hydrogen) atoms. The molecule has 2 heterocycles. The molecule has 1 unspecified atom stereocenters. The second-order valence-electron chi connectivity index (χ2n) is 4.10. The maximum absolute atomic E-state index is 11.8. The number of carbonyl (C=O) groups is 2. The summed E-state index contributed by atoms with van der Waals surface area (Å²) in [4.78, 5) is 26.7. The molecule has 0 spiro atoms. The van der Waals surface area contributed by atoms with Crippen molar-refractivity contribution in [3.63, 3.8) is 0 Å². The van der Waals surface area contributed by atoms with Crippen LogP contribution in [0.4, 0.5) is 0 Å². The molecular weight excluding hydrogens is 250 g/mol. The zero-order valence-corrected chi connectivity index (χ0v) is 9.96. The van der Waals surface area contributed by atoms with Crippen LogP contribution in [0.3, 0.4) is 0 Å². The zero-order valence-electron chi connectivity index (χ0n) is 9.96. The minimum atomic E-state index is -0.368. The number of carbonyl (C=O) groups excluding carboxylic acids is 2. The lowest BCUT2D eigenvalue weighted by Gasteiger charge is -2.09. The molecule has 2 amide bonds. The first-order chi connectivity index (χ1) is 9.10. The Morgan fingerprint density at radius 2 is 2.37 bits per heavy atom. The molecule has 1 aromatic heterocycles. The van der Waals surface area contributed by atoms with Crippen LogP contribution in [-0.4, -0.2) is 40.4 Å². The molecule has 0 bridgehead atoms. The van der Waals surface area contributed by atoms with E-state index in [0.717, 1.165) is 0 Å². The van der Waals surface area contributed by atoms with Crippen LogP contribution in [0.1, 0.15) is 22.5 Å². The highest BCUT2D eigenvalue weighted by Gasteiger charge is 2.23. The van der Waals surface area contributed by atoms with E-state index < -0.39 is 0 Å². The number of nitrogens with one attached hydrogen (secondary N) is 2. The molecule has 1 aliphatic rings. The van der Waals surface area contributed by atoms with Crippen molar-refractivity contribution in [2.24, 2.45) is 10.9 Å². The molecule has 8 nitrogen and oxygen atoms in total. The maximum atomic E-state index is 11.8. The van der Waals surface area contributed by atoms with E-state index in [1.165, 1.54) is 18.3 Å². The summed E-state index contributed by atoms with van der Waals surface area (Å²) in [5, 5.41) is 16.6. The summed E-state index contributed by atoms with van der Waals surface area (Å²) in [5.74, 6) is -0.529. The average Bonchev–Trinajstić information content (AvgIpc) is 2.83. The van der Waals surface area contributed by atoms with Gasteiger partial charge in [-0.1, -0.05) is 5.16 Å². The molecule has 0 aromatic carbocycles. The highest BCUT2D eigenvalue weighted by molar-refractivity contribution is 5.98. The molecule has 0 aliphatic carbocycles. The monoisotopic (exact) mass is 263 g/mol. The number of nitrogens with two attached hydrogens (primary N) is 1. The highest BCUT2D eigenvalue weighted by atomic mass is 16.4. The van der Waals surface area contributed by atoms with E-state index >= 15 is 0 Å². The SMILES string of the molecule is N/C(=N/O)c1ccc(C(=O)NC2CNC(=O)C2)nc1. The fourth-order valence-electron chi connectivity index (χ4n) is 1.70. The second kappa shape index (κ2) is 5.34. The van der Waals surface area contributed by atoms with Crippen LogP contribution < -0.4 is 16.4 Å². The van der Waals surface area contributed by atoms with Gasteiger partial charge in [0.05, 0.1) is 6.04 Å².